The van der Waals surface area contributed by atoms with E-state index in [1.165, 1.54) is 16.9 Å². The van der Waals surface area contributed by atoms with Gasteiger partial charge >= 0.3 is 5.97 Å². The van der Waals surface area contributed by atoms with E-state index in [1.807, 2.05) is 0 Å². The molecule has 0 saturated carbocycles. The number of nitrogens with zero attached hydrogens (tertiary/aromatic N) is 4. The second-order valence-electron chi connectivity index (χ2n) is 3.71. The summed E-state index contributed by atoms with van der Waals surface area (Å²) < 4.78 is 6.91. The number of aryl methyl sites for hydroxylation is 1. The van der Waals surface area contributed by atoms with Crippen LogP contribution in [-0.2, 0) is 0 Å². The number of carboxylic acids is 1. The number of carbonyl (C=O) groups is 1. The van der Waals surface area contributed by atoms with Crippen molar-refractivity contribution in [2.45, 2.75) is 6.92 Å². The normalized spacial score (nSPS) is 10.9. The molecule has 0 radical (unpaired) electrons. The Morgan fingerprint density at radius 3 is 2.94 bits per heavy atom. The second kappa shape index (κ2) is 3.66. The Balaban J connectivity index is 2.32. The average Bonchev–Trinajstić information content (AvgIpc) is 2.95. The summed E-state index contributed by atoms with van der Waals surface area (Å²) in [6.45, 7) is 1.81. The highest BCUT2D eigenvalue weighted by Crippen LogP contribution is 2.22. The highest BCUT2D eigenvalue weighted by Gasteiger charge is 2.15. The van der Waals surface area contributed by atoms with Gasteiger partial charge in [-0.05, 0) is 19.1 Å². The molecule has 0 bridgehead atoms. The fourth-order valence-electron chi connectivity index (χ4n) is 1.67. The summed E-state index contributed by atoms with van der Waals surface area (Å²) in [5, 5.41) is 13.0. The highest BCUT2D eigenvalue weighted by molar-refractivity contribution is 5.87. The first-order chi connectivity index (χ1) is 8.65. The molecule has 0 unspecified atom stereocenters. The first kappa shape index (κ1) is 10.5. The number of aromatic nitrogens is 4. The van der Waals surface area contributed by atoms with Crippen molar-refractivity contribution >= 4 is 11.7 Å². The number of aromatic carboxylic acids is 1. The summed E-state index contributed by atoms with van der Waals surface area (Å²) in [6, 6.07) is 4.94. The van der Waals surface area contributed by atoms with Crippen LogP contribution in [0.15, 0.2) is 28.9 Å². The zero-order valence-electron chi connectivity index (χ0n) is 9.36. The highest BCUT2D eigenvalue weighted by atomic mass is 16.4. The molecule has 0 aromatic carbocycles. The maximum atomic E-state index is 11.0. The Labute approximate surface area is 101 Å². The zero-order chi connectivity index (χ0) is 12.7. The molecule has 1 N–H and O–H groups in total. The van der Waals surface area contributed by atoms with Crippen molar-refractivity contribution in [3.8, 4) is 11.5 Å². The quantitative estimate of drug-likeness (QED) is 0.732. The first-order valence-electron chi connectivity index (χ1n) is 5.16. The largest absolute Gasteiger partial charge is 0.477 e. The van der Waals surface area contributed by atoms with Crippen LogP contribution in [0, 0.1) is 6.92 Å². The Hall–Kier alpha value is -2.70. The van der Waals surface area contributed by atoms with E-state index >= 15 is 0 Å². The summed E-state index contributed by atoms with van der Waals surface area (Å²) in [4.78, 5) is 18.8. The third-order valence-corrected chi connectivity index (χ3v) is 2.46. The molecule has 90 valence electrons. The minimum absolute atomic E-state index is 0.0976. The molecule has 0 spiro atoms. The molecule has 7 heteroatoms. The first-order valence-corrected chi connectivity index (χ1v) is 5.16. The number of hydrogen-bond acceptors (Lipinski definition) is 5. The van der Waals surface area contributed by atoms with Gasteiger partial charge in [0.15, 0.2) is 11.5 Å². The summed E-state index contributed by atoms with van der Waals surface area (Å²) in [5.41, 5.74) is 0.405. The average molecular weight is 244 g/mol. The van der Waals surface area contributed by atoms with Gasteiger partial charge in [0.05, 0.1) is 0 Å². The Kier molecular flexibility index (Phi) is 2.12. The van der Waals surface area contributed by atoms with Gasteiger partial charge in [-0.15, -0.1) is 0 Å². The van der Waals surface area contributed by atoms with E-state index in [1.54, 1.807) is 19.1 Å². The van der Waals surface area contributed by atoms with Gasteiger partial charge in [-0.1, -0.05) is 0 Å². The van der Waals surface area contributed by atoms with Crippen LogP contribution < -0.4 is 0 Å². The lowest BCUT2D eigenvalue weighted by Crippen LogP contribution is -2.05. The van der Waals surface area contributed by atoms with Crippen molar-refractivity contribution in [2.24, 2.45) is 0 Å². The van der Waals surface area contributed by atoms with Gasteiger partial charge in [-0.2, -0.15) is 14.6 Å². The molecular weight excluding hydrogens is 236 g/mol. The summed E-state index contributed by atoms with van der Waals surface area (Å²) in [5.74, 6) is 0.351. The van der Waals surface area contributed by atoms with E-state index in [0.717, 1.165) is 5.76 Å². The van der Waals surface area contributed by atoms with Gasteiger partial charge in [-0.25, -0.2) is 9.78 Å². The molecule has 3 aromatic rings. The fourth-order valence-corrected chi connectivity index (χ4v) is 1.67. The summed E-state index contributed by atoms with van der Waals surface area (Å²) in [6.07, 6.45) is 1.31. The lowest BCUT2D eigenvalue weighted by atomic mass is 10.2. The zero-order valence-corrected chi connectivity index (χ0v) is 9.36. The smallest absolute Gasteiger partial charge is 0.354 e. The number of furan rings is 1. The lowest BCUT2D eigenvalue weighted by molar-refractivity contribution is 0.0690. The van der Waals surface area contributed by atoms with Crippen LogP contribution in [-0.4, -0.2) is 30.7 Å². The molecule has 3 aromatic heterocycles. The van der Waals surface area contributed by atoms with Crippen LogP contribution in [0.4, 0.5) is 0 Å². The van der Waals surface area contributed by atoms with E-state index in [0.29, 0.717) is 11.5 Å². The maximum Gasteiger partial charge on any atom is 0.354 e. The molecule has 3 rings (SSSR count). The van der Waals surface area contributed by atoms with Crippen LogP contribution in [0.1, 0.15) is 16.2 Å². The standard InChI is InChI=1S/C11H8N4O3/c1-6-2-3-9(18-6)8-4-7(10(16)17)14-11-12-5-13-15(8)11/h2-5H,1H3,(H,16,17). The monoisotopic (exact) mass is 244 g/mol. The van der Waals surface area contributed by atoms with Crippen LogP contribution in [0.3, 0.4) is 0 Å². The predicted molar refractivity (Wildman–Crippen MR) is 60.2 cm³/mol. The topological polar surface area (TPSA) is 93.5 Å². The molecule has 0 aliphatic heterocycles. The van der Waals surface area contributed by atoms with Gasteiger partial charge < -0.3 is 9.52 Å². The fraction of sp³-hybridized carbons (Fsp3) is 0.0909. The van der Waals surface area contributed by atoms with Crippen molar-refractivity contribution in [1.29, 1.82) is 0 Å². The van der Waals surface area contributed by atoms with E-state index in [-0.39, 0.29) is 11.5 Å². The molecule has 0 amide bonds. The molecule has 18 heavy (non-hydrogen) atoms. The molecule has 0 aliphatic rings. The lowest BCUT2D eigenvalue weighted by Gasteiger charge is -2.02. The molecule has 0 aliphatic carbocycles. The van der Waals surface area contributed by atoms with Crippen LogP contribution in [0.25, 0.3) is 17.2 Å². The molecule has 0 atom stereocenters. The molecular formula is C11H8N4O3. The van der Waals surface area contributed by atoms with Crippen LogP contribution >= 0.6 is 0 Å². The number of rotatable bonds is 2. The van der Waals surface area contributed by atoms with Gasteiger partial charge in [0.25, 0.3) is 5.78 Å². The van der Waals surface area contributed by atoms with Crippen molar-refractivity contribution in [2.75, 3.05) is 0 Å². The number of carboxylic acid groups (broad SMARTS) is 1. The Bertz CT molecular complexity index is 744. The van der Waals surface area contributed by atoms with E-state index in [2.05, 4.69) is 15.1 Å². The maximum absolute atomic E-state index is 11.0. The third-order valence-electron chi connectivity index (χ3n) is 2.46. The van der Waals surface area contributed by atoms with E-state index < -0.39 is 5.97 Å². The summed E-state index contributed by atoms with van der Waals surface area (Å²) >= 11 is 0. The van der Waals surface area contributed by atoms with Crippen molar-refractivity contribution in [1.82, 2.24) is 19.6 Å². The Morgan fingerprint density at radius 2 is 2.28 bits per heavy atom. The van der Waals surface area contributed by atoms with Gasteiger partial charge in [0, 0.05) is 6.07 Å². The van der Waals surface area contributed by atoms with E-state index in [9.17, 15) is 4.79 Å². The molecule has 0 fully saturated rings. The summed E-state index contributed by atoms with van der Waals surface area (Å²) in [7, 11) is 0. The van der Waals surface area contributed by atoms with Crippen molar-refractivity contribution in [3.05, 3.63) is 36.0 Å². The van der Waals surface area contributed by atoms with Crippen molar-refractivity contribution in [3.63, 3.8) is 0 Å². The third kappa shape index (κ3) is 1.53. The number of fused-ring (bicyclic) bond motifs is 1. The molecule has 3 heterocycles. The number of hydrogen-bond donors (Lipinski definition) is 1. The SMILES string of the molecule is Cc1ccc(-c2cc(C(=O)O)nc3ncnn23)o1. The van der Waals surface area contributed by atoms with Gasteiger partial charge in [0.1, 0.15) is 17.8 Å². The van der Waals surface area contributed by atoms with Crippen molar-refractivity contribution < 1.29 is 14.3 Å². The van der Waals surface area contributed by atoms with Gasteiger partial charge in [-0.3, -0.25) is 0 Å². The minimum Gasteiger partial charge on any atom is -0.477 e. The minimum atomic E-state index is -1.12. The van der Waals surface area contributed by atoms with Gasteiger partial charge in [0.2, 0.25) is 0 Å². The molecule has 0 saturated heterocycles. The molecule has 7 nitrogen and oxygen atoms in total. The Morgan fingerprint density at radius 1 is 1.44 bits per heavy atom. The second-order valence-corrected chi connectivity index (χ2v) is 3.71. The predicted octanol–water partition coefficient (Wildman–Crippen LogP) is 1.39. The van der Waals surface area contributed by atoms with E-state index in [4.69, 9.17) is 9.52 Å². The van der Waals surface area contributed by atoms with Crippen LogP contribution in [0.5, 0.6) is 0 Å². The van der Waals surface area contributed by atoms with Crippen LogP contribution in [0.2, 0.25) is 0 Å².